The molecule has 194 valence electrons. The highest BCUT2D eigenvalue weighted by molar-refractivity contribution is 5.68. The molecule has 0 aliphatic carbocycles. The molecule has 0 fully saturated rings. The van der Waals surface area contributed by atoms with Crippen LogP contribution in [0.2, 0.25) is 0 Å². The SMILES string of the molecule is COc1ccc(Cn2c(C#CCNC(=O)OC(C)(C)C)cc(=O)n(Cc3ccc(OC)cc3)c2=O)cc1. The maximum Gasteiger partial charge on any atom is 0.408 e. The standard InChI is InChI=1S/C28H31N3O6/c1-28(2,3)37-26(33)29-16-6-7-22-17-25(32)31(19-21-10-14-24(36-5)15-11-21)27(34)30(22)18-20-8-12-23(35-4)13-9-20/h8-15,17H,16,18-19H2,1-5H3,(H,29,33). The van der Waals surface area contributed by atoms with E-state index in [1.165, 1.54) is 10.6 Å². The summed E-state index contributed by atoms with van der Waals surface area (Å²) in [6.45, 7) is 5.55. The number of amides is 1. The van der Waals surface area contributed by atoms with Crippen molar-refractivity contribution in [2.75, 3.05) is 20.8 Å². The fraction of sp³-hybridized carbons (Fsp3) is 0.321. The van der Waals surface area contributed by atoms with E-state index in [0.717, 1.165) is 15.7 Å². The van der Waals surface area contributed by atoms with E-state index in [2.05, 4.69) is 17.2 Å². The van der Waals surface area contributed by atoms with Crippen LogP contribution in [-0.4, -0.2) is 41.6 Å². The molecule has 3 rings (SSSR count). The second-order valence-corrected chi connectivity index (χ2v) is 9.18. The zero-order valence-corrected chi connectivity index (χ0v) is 21.7. The second-order valence-electron chi connectivity index (χ2n) is 9.18. The van der Waals surface area contributed by atoms with Gasteiger partial charge in [-0.2, -0.15) is 0 Å². The molecule has 9 heteroatoms. The van der Waals surface area contributed by atoms with Gasteiger partial charge in [-0.15, -0.1) is 0 Å². The number of nitrogens with one attached hydrogen (secondary N) is 1. The van der Waals surface area contributed by atoms with E-state index in [1.807, 2.05) is 12.1 Å². The third kappa shape index (κ3) is 7.77. The molecular formula is C28H31N3O6. The van der Waals surface area contributed by atoms with Gasteiger partial charge in [0.25, 0.3) is 5.56 Å². The molecule has 0 radical (unpaired) electrons. The molecular weight excluding hydrogens is 474 g/mol. The van der Waals surface area contributed by atoms with Crippen molar-refractivity contribution in [2.24, 2.45) is 0 Å². The Labute approximate surface area is 215 Å². The van der Waals surface area contributed by atoms with Crippen molar-refractivity contribution >= 4 is 6.09 Å². The van der Waals surface area contributed by atoms with Crippen molar-refractivity contribution in [2.45, 2.75) is 39.5 Å². The Hall–Kier alpha value is -4.45. The van der Waals surface area contributed by atoms with Gasteiger partial charge in [-0.05, 0) is 62.1 Å². The number of ether oxygens (including phenoxy) is 3. The minimum atomic E-state index is -0.634. The Bertz CT molecular complexity index is 1400. The number of methoxy groups -OCH3 is 2. The van der Waals surface area contributed by atoms with Crippen LogP contribution in [0, 0.1) is 11.8 Å². The van der Waals surface area contributed by atoms with Gasteiger partial charge < -0.3 is 19.5 Å². The van der Waals surface area contributed by atoms with Crippen molar-refractivity contribution in [1.82, 2.24) is 14.5 Å². The van der Waals surface area contributed by atoms with Crippen molar-refractivity contribution in [1.29, 1.82) is 0 Å². The molecule has 3 aromatic rings. The highest BCUT2D eigenvalue weighted by Gasteiger charge is 2.15. The average molecular weight is 506 g/mol. The minimum absolute atomic E-state index is 0.0133. The van der Waals surface area contributed by atoms with Gasteiger partial charge in [0, 0.05) is 6.07 Å². The summed E-state index contributed by atoms with van der Waals surface area (Å²) in [7, 11) is 3.15. The quantitative estimate of drug-likeness (QED) is 0.496. The number of hydrogen-bond donors (Lipinski definition) is 1. The van der Waals surface area contributed by atoms with Gasteiger partial charge in [-0.1, -0.05) is 30.2 Å². The Morgan fingerprint density at radius 2 is 1.38 bits per heavy atom. The number of nitrogens with zero attached hydrogens (tertiary/aromatic N) is 2. The van der Waals surface area contributed by atoms with E-state index in [-0.39, 0.29) is 25.3 Å². The lowest BCUT2D eigenvalue weighted by atomic mass is 10.2. The predicted octanol–water partition coefficient (Wildman–Crippen LogP) is 3.00. The van der Waals surface area contributed by atoms with Crippen molar-refractivity contribution in [3.63, 3.8) is 0 Å². The Morgan fingerprint density at radius 1 is 0.865 bits per heavy atom. The number of aromatic nitrogens is 2. The molecule has 0 saturated carbocycles. The minimum Gasteiger partial charge on any atom is -0.497 e. The van der Waals surface area contributed by atoms with Gasteiger partial charge in [-0.25, -0.2) is 9.59 Å². The molecule has 9 nitrogen and oxygen atoms in total. The van der Waals surface area contributed by atoms with Crippen molar-refractivity contribution in [3.8, 4) is 23.3 Å². The fourth-order valence-electron chi connectivity index (χ4n) is 3.41. The van der Waals surface area contributed by atoms with Gasteiger partial charge >= 0.3 is 11.8 Å². The average Bonchev–Trinajstić information content (AvgIpc) is 2.86. The summed E-state index contributed by atoms with van der Waals surface area (Å²) < 4.78 is 18.2. The molecule has 0 atom stereocenters. The molecule has 1 heterocycles. The van der Waals surface area contributed by atoms with Crippen LogP contribution >= 0.6 is 0 Å². The first-order valence-corrected chi connectivity index (χ1v) is 11.7. The number of carbonyl (C=O) groups is 1. The van der Waals surface area contributed by atoms with Gasteiger partial charge in [0.1, 0.15) is 22.8 Å². The molecule has 0 aliphatic rings. The Kier molecular flexibility index (Phi) is 8.80. The van der Waals surface area contributed by atoms with Crippen LogP contribution in [0.1, 0.15) is 37.6 Å². The third-order valence-electron chi connectivity index (χ3n) is 5.21. The maximum absolute atomic E-state index is 13.5. The highest BCUT2D eigenvalue weighted by atomic mass is 16.6. The molecule has 1 aromatic heterocycles. The number of hydrogen-bond acceptors (Lipinski definition) is 6. The first-order chi connectivity index (χ1) is 17.6. The van der Waals surface area contributed by atoms with Crippen LogP contribution in [0.25, 0.3) is 0 Å². The molecule has 0 saturated heterocycles. The summed E-state index contributed by atoms with van der Waals surface area (Å²) in [6, 6.07) is 15.7. The lowest BCUT2D eigenvalue weighted by Gasteiger charge is -2.19. The summed E-state index contributed by atoms with van der Waals surface area (Å²) in [5, 5.41) is 2.54. The van der Waals surface area contributed by atoms with E-state index < -0.39 is 22.9 Å². The number of benzene rings is 2. The molecule has 0 bridgehead atoms. The zero-order chi connectivity index (χ0) is 27.0. The Balaban J connectivity index is 1.94. The topological polar surface area (TPSA) is 101 Å². The lowest BCUT2D eigenvalue weighted by molar-refractivity contribution is 0.0535. The van der Waals surface area contributed by atoms with Crippen molar-refractivity contribution < 1.29 is 19.0 Å². The molecule has 0 spiro atoms. The largest absolute Gasteiger partial charge is 0.497 e. The molecule has 0 aliphatic heterocycles. The van der Waals surface area contributed by atoms with Crippen LogP contribution in [-0.2, 0) is 17.8 Å². The normalized spacial score (nSPS) is 10.7. The van der Waals surface area contributed by atoms with Crippen molar-refractivity contribution in [3.05, 3.63) is 92.3 Å². The van der Waals surface area contributed by atoms with Gasteiger partial charge in [0.15, 0.2) is 0 Å². The lowest BCUT2D eigenvalue weighted by Crippen LogP contribution is -2.41. The van der Waals surface area contributed by atoms with Crippen LogP contribution in [0.3, 0.4) is 0 Å². The zero-order valence-electron chi connectivity index (χ0n) is 21.7. The van der Waals surface area contributed by atoms with E-state index in [1.54, 1.807) is 71.4 Å². The maximum atomic E-state index is 13.5. The summed E-state index contributed by atoms with van der Waals surface area (Å²) in [6.07, 6.45) is -0.604. The van der Waals surface area contributed by atoms with Gasteiger partial charge in [0.05, 0.1) is 33.9 Å². The predicted molar refractivity (Wildman–Crippen MR) is 140 cm³/mol. The van der Waals surface area contributed by atoms with E-state index in [0.29, 0.717) is 11.5 Å². The van der Waals surface area contributed by atoms with Gasteiger partial charge in [0.2, 0.25) is 0 Å². The van der Waals surface area contributed by atoms with Crippen LogP contribution in [0.5, 0.6) is 11.5 Å². The second kappa shape index (κ2) is 12.0. The number of carbonyl (C=O) groups excluding carboxylic acids is 1. The van der Waals surface area contributed by atoms with Crippen LogP contribution in [0.4, 0.5) is 4.79 Å². The number of rotatable bonds is 7. The molecule has 2 aromatic carbocycles. The summed E-state index contributed by atoms with van der Waals surface area (Å²) >= 11 is 0. The summed E-state index contributed by atoms with van der Waals surface area (Å²) in [5.41, 5.74) is 0.233. The third-order valence-corrected chi connectivity index (χ3v) is 5.21. The summed E-state index contributed by atoms with van der Waals surface area (Å²) in [4.78, 5) is 38.3. The Morgan fingerprint density at radius 3 is 1.86 bits per heavy atom. The van der Waals surface area contributed by atoms with E-state index in [9.17, 15) is 14.4 Å². The molecule has 0 unspecified atom stereocenters. The molecule has 1 N–H and O–H groups in total. The first-order valence-electron chi connectivity index (χ1n) is 11.7. The van der Waals surface area contributed by atoms with E-state index in [4.69, 9.17) is 14.2 Å². The monoisotopic (exact) mass is 505 g/mol. The fourth-order valence-corrected chi connectivity index (χ4v) is 3.41. The van der Waals surface area contributed by atoms with Crippen LogP contribution in [0.15, 0.2) is 64.2 Å². The molecule has 1 amide bonds. The smallest absolute Gasteiger partial charge is 0.408 e. The van der Waals surface area contributed by atoms with Gasteiger partial charge in [-0.3, -0.25) is 13.9 Å². The van der Waals surface area contributed by atoms with Crippen LogP contribution < -0.4 is 26.0 Å². The highest BCUT2D eigenvalue weighted by Crippen LogP contribution is 2.13. The van der Waals surface area contributed by atoms with E-state index >= 15 is 0 Å². The summed E-state index contributed by atoms with van der Waals surface area (Å²) in [5.74, 6) is 7.01. The number of alkyl carbamates (subject to hydrolysis) is 1. The first kappa shape index (κ1) is 27.1. The molecule has 37 heavy (non-hydrogen) atoms.